The fraction of sp³-hybridized carbons (Fsp3) is 0.400. The second-order valence-electron chi connectivity index (χ2n) is 1.68. The van der Waals surface area contributed by atoms with Gasteiger partial charge in [0.05, 0.1) is 0 Å². The first-order valence-electron chi connectivity index (χ1n) is 2.78. The van der Waals surface area contributed by atoms with Crippen LogP contribution < -0.4 is 88.7 Å². The van der Waals surface area contributed by atoms with Crippen molar-refractivity contribution < 1.29 is 127 Å². The van der Waals surface area contributed by atoms with Crippen LogP contribution in [0.2, 0.25) is 0 Å². The molecule has 74 valence electrons. The van der Waals surface area contributed by atoms with Gasteiger partial charge in [-0.2, -0.15) is 4.89 Å². The van der Waals surface area contributed by atoms with Gasteiger partial charge in [-0.1, -0.05) is 0 Å². The molecule has 0 aromatic heterocycles. The summed E-state index contributed by atoms with van der Waals surface area (Å²) < 4.78 is 0. The van der Waals surface area contributed by atoms with Crippen LogP contribution in [0.4, 0.5) is 0 Å². The van der Waals surface area contributed by atoms with E-state index in [4.69, 9.17) is 10.2 Å². The maximum absolute atomic E-state index is 10.3. The number of carboxylic acids is 2. The minimum Gasteiger partial charge on any atom is -1.00 e. The maximum atomic E-state index is 10.3. The average molecular weight is 250 g/mol. The summed E-state index contributed by atoms with van der Waals surface area (Å²) in [5, 5.41) is 16.0. The molecule has 10 heteroatoms. The van der Waals surface area contributed by atoms with Crippen LogP contribution in [0.25, 0.3) is 0 Å². The van der Waals surface area contributed by atoms with Crippen LogP contribution in [0.5, 0.6) is 0 Å². The molecule has 0 saturated carbocycles. The SMILES string of the molecule is O=C(O)COOC(=O)CC(=O)O.[H-].[H-].[H-].[Na+].[Na+].[Na+]. The van der Waals surface area contributed by atoms with Crippen LogP contribution in [0.15, 0.2) is 0 Å². The molecule has 15 heavy (non-hydrogen) atoms. The zero-order chi connectivity index (χ0) is 9.56. The van der Waals surface area contributed by atoms with E-state index < -0.39 is 30.9 Å². The molecule has 0 aromatic carbocycles. The Morgan fingerprint density at radius 2 is 1.47 bits per heavy atom. The summed E-state index contributed by atoms with van der Waals surface area (Å²) in [5.74, 6) is -3.85. The van der Waals surface area contributed by atoms with Gasteiger partial charge in [0.15, 0.2) is 6.61 Å². The van der Waals surface area contributed by atoms with Gasteiger partial charge in [0, 0.05) is 0 Å². The molecular formula is C5H9Na3O7. The quantitative estimate of drug-likeness (QED) is 0.216. The molecule has 0 heterocycles. The molecule has 0 rings (SSSR count). The van der Waals surface area contributed by atoms with E-state index in [0.717, 1.165) is 0 Å². The van der Waals surface area contributed by atoms with E-state index in [0.29, 0.717) is 0 Å². The summed E-state index contributed by atoms with van der Waals surface area (Å²) in [7, 11) is 0. The molecule has 0 atom stereocenters. The van der Waals surface area contributed by atoms with Gasteiger partial charge in [-0.15, -0.1) is 0 Å². The van der Waals surface area contributed by atoms with E-state index in [1.54, 1.807) is 0 Å². The molecule has 0 bridgehead atoms. The van der Waals surface area contributed by atoms with Gasteiger partial charge in [-0.25, -0.2) is 9.59 Å². The zero-order valence-electron chi connectivity index (χ0n) is 11.8. The van der Waals surface area contributed by atoms with Crippen molar-refractivity contribution in [2.45, 2.75) is 6.42 Å². The smallest absolute Gasteiger partial charge is 1.00 e. The average Bonchev–Trinajstić information content (AvgIpc) is 1.84. The molecule has 0 spiro atoms. The zero-order valence-corrected chi connectivity index (χ0v) is 14.8. The Kier molecular flexibility index (Phi) is 25.9. The number of carbonyl (C=O) groups excluding carboxylic acids is 1. The van der Waals surface area contributed by atoms with Crippen molar-refractivity contribution in [1.82, 2.24) is 0 Å². The standard InChI is InChI=1S/C5H6O7.3Na.3H/c6-3(7)1-5(10)12-11-2-4(8)9;;;;;;/h1-2H2,(H,6,7)(H,8,9);;;;;;/q;3*+1;3*-1. The maximum Gasteiger partial charge on any atom is 1.00 e. The topological polar surface area (TPSA) is 110 Å². The molecule has 7 nitrogen and oxygen atoms in total. The van der Waals surface area contributed by atoms with E-state index in [1.807, 2.05) is 0 Å². The van der Waals surface area contributed by atoms with Crippen molar-refractivity contribution in [3.05, 3.63) is 0 Å². The predicted octanol–water partition coefficient (Wildman–Crippen LogP) is -9.63. The third kappa shape index (κ3) is 21.3. The first kappa shape index (κ1) is 25.3. The van der Waals surface area contributed by atoms with Crippen molar-refractivity contribution in [2.75, 3.05) is 6.61 Å². The molecule has 0 aliphatic rings. The second kappa shape index (κ2) is 15.4. The molecule has 0 aromatic rings. The van der Waals surface area contributed by atoms with E-state index in [1.165, 1.54) is 0 Å². The Morgan fingerprint density at radius 1 is 1.00 bits per heavy atom. The largest absolute Gasteiger partial charge is 1.00 e. The van der Waals surface area contributed by atoms with Crippen LogP contribution in [0.3, 0.4) is 0 Å². The second-order valence-corrected chi connectivity index (χ2v) is 1.68. The van der Waals surface area contributed by atoms with Crippen molar-refractivity contribution in [3.63, 3.8) is 0 Å². The van der Waals surface area contributed by atoms with Crippen molar-refractivity contribution in [1.29, 1.82) is 0 Å². The van der Waals surface area contributed by atoms with E-state index in [9.17, 15) is 14.4 Å². The van der Waals surface area contributed by atoms with Gasteiger partial charge >= 0.3 is 107 Å². The van der Waals surface area contributed by atoms with Crippen LogP contribution in [0.1, 0.15) is 10.7 Å². The first-order chi connectivity index (χ1) is 5.52. The minimum atomic E-state index is -1.38. The fourth-order valence-electron chi connectivity index (χ4n) is 0.299. The molecule has 0 saturated heterocycles. The Morgan fingerprint density at radius 3 is 1.80 bits per heavy atom. The first-order valence-corrected chi connectivity index (χ1v) is 2.78. The molecule has 0 amide bonds. The molecule has 0 aliphatic heterocycles. The summed E-state index contributed by atoms with van der Waals surface area (Å²) in [4.78, 5) is 37.5. The minimum absolute atomic E-state index is 0. The van der Waals surface area contributed by atoms with Crippen LogP contribution in [-0.4, -0.2) is 34.7 Å². The molecule has 0 aliphatic carbocycles. The van der Waals surface area contributed by atoms with Crippen LogP contribution in [-0.2, 0) is 24.2 Å². The number of aliphatic carboxylic acids is 2. The molecular weight excluding hydrogens is 241 g/mol. The summed E-state index contributed by atoms with van der Waals surface area (Å²) in [6.45, 7) is -0.814. The summed E-state index contributed by atoms with van der Waals surface area (Å²) in [5.41, 5.74) is 0. The Balaban J connectivity index is -0.0000000403. The van der Waals surface area contributed by atoms with Crippen molar-refractivity contribution in [2.24, 2.45) is 0 Å². The van der Waals surface area contributed by atoms with Crippen molar-refractivity contribution in [3.8, 4) is 0 Å². The van der Waals surface area contributed by atoms with Crippen LogP contribution in [0, 0.1) is 0 Å². The molecule has 0 fully saturated rings. The third-order valence-electron chi connectivity index (χ3n) is 0.630. The van der Waals surface area contributed by atoms with E-state index in [2.05, 4.69) is 9.78 Å². The summed E-state index contributed by atoms with van der Waals surface area (Å²) in [6.07, 6.45) is -0.861. The number of carbonyl (C=O) groups is 3. The van der Waals surface area contributed by atoms with Gasteiger partial charge in [0.25, 0.3) is 0 Å². The molecule has 0 unspecified atom stereocenters. The third-order valence-corrected chi connectivity index (χ3v) is 0.630. The van der Waals surface area contributed by atoms with Crippen molar-refractivity contribution >= 4 is 17.9 Å². The van der Waals surface area contributed by atoms with Gasteiger partial charge in [0.2, 0.25) is 0 Å². The molecule has 0 radical (unpaired) electrons. The fourth-order valence-corrected chi connectivity index (χ4v) is 0.299. The number of carboxylic acid groups (broad SMARTS) is 2. The van der Waals surface area contributed by atoms with E-state index in [-0.39, 0.29) is 93.0 Å². The summed E-state index contributed by atoms with van der Waals surface area (Å²) >= 11 is 0. The number of hydrogen-bond donors (Lipinski definition) is 2. The Hall–Kier alpha value is 1.37. The van der Waals surface area contributed by atoms with Gasteiger partial charge < -0.3 is 14.5 Å². The number of hydrogen-bond acceptors (Lipinski definition) is 5. The normalized spacial score (nSPS) is 7.20. The monoisotopic (exact) mass is 250 g/mol. The Labute approximate surface area is 156 Å². The van der Waals surface area contributed by atoms with Gasteiger partial charge in [0.1, 0.15) is 6.42 Å². The summed E-state index contributed by atoms with van der Waals surface area (Å²) in [6, 6.07) is 0. The predicted molar refractivity (Wildman–Crippen MR) is 35.3 cm³/mol. The van der Waals surface area contributed by atoms with E-state index >= 15 is 0 Å². The number of rotatable bonds is 5. The van der Waals surface area contributed by atoms with Gasteiger partial charge in [-0.3, -0.25) is 9.68 Å². The van der Waals surface area contributed by atoms with Crippen LogP contribution >= 0.6 is 0 Å². The molecule has 2 N–H and O–H groups in total. The Bertz CT molecular complexity index is 219. The van der Waals surface area contributed by atoms with Gasteiger partial charge in [-0.05, 0) is 0 Å².